The first kappa shape index (κ1) is 18.3. The molecular weight excluding hydrogens is 284 g/mol. The lowest BCUT2D eigenvalue weighted by Gasteiger charge is -2.14. The van der Waals surface area contributed by atoms with Gasteiger partial charge in [-0.15, -0.1) is 0 Å². The third-order valence-electron chi connectivity index (χ3n) is 2.86. The average Bonchev–Trinajstić information content (AvgIpc) is 2.50. The maximum absolute atomic E-state index is 12.1. The molecular formula is C16H26N2O4. The summed E-state index contributed by atoms with van der Waals surface area (Å²) in [6, 6.07) is 5.17. The molecule has 2 N–H and O–H groups in total. The molecule has 0 bridgehead atoms. The topological polar surface area (TPSA) is 68.8 Å². The molecule has 0 unspecified atom stereocenters. The van der Waals surface area contributed by atoms with Crippen LogP contribution in [0.2, 0.25) is 0 Å². The highest BCUT2D eigenvalue weighted by Crippen LogP contribution is 2.28. The fourth-order valence-corrected chi connectivity index (χ4v) is 1.83. The zero-order chi connectivity index (χ0) is 16.4. The Balaban J connectivity index is 2.51. The first-order chi connectivity index (χ1) is 10.6. The van der Waals surface area contributed by atoms with E-state index >= 15 is 0 Å². The highest BCUT2D eigenvalue weighted by atomic mass is 16.5. The second-order valence-corrected chi connectivity index (χ2v) is 5.03. The number of hydrogen-bond acceptors (Lipinski definition) is 5. The first-order valence-corrected chi connectivity index (χ1v) is 7.41. The highest BCUT2D eigenvalue weighted by molar-refractivity contribution is 5.94. The van der Waals surface area contributed by atoms with Crippen LogP contribution in [0.5, 0.6) is 11.5 Å². The van der Waals surface area contributed by atoms with Gasteiger partial charge in [0.2, 0.25) is 0 Å². The van der Waals surface area contributed by atoms with E-state index in [1.807, 2.05) is 13.8 Å². The molecule has 0 aliphatic carbocycles. The fourth-order valence-electron chi connectivity index (χ4n) is 1.83. The maximum Gasteiger partial charge on any atom is 0.251 e. The Hall–Kier alpha value is -1.79. The van der Waals surface area contributed by atoms with Crippen molar-refractivity contribution in [2.75, 3.05) is 40.5 Å². The van der Waals surface area contributed by atoms with Crippen LogP contribution in [0, 0.1) is 0 Å². The Morgan fingerprint density at radius 3 is 2.55 bits per heavy atom. The molecule has 1 aromatic carbocycles. The van der Waals surface area contributed by atoms with Crippen molar-refractivity contribution < 1.29 is 19.0 Å². The van der Waals surface area contributed by atoms with Crippen molar-refractivity contribution in [3.05, 3.63) is 23.8 Å². The molecule has 0 aliphatic rings. The van der Waals surface area contributed by atoms with Gasteiger partial charge in [0.05, 0.1) is 19.8 Å². The van der Waals surface area contributed by atoms with E-state index < -0.39 is 0 Å². The maximum atomic E-state index is 12.1. The number of nitrogens with one attached hydrogen (secondary N) is 2. The summed E-state index contributed by atoms with van der Waals surface area (Å²) in [5.74, 6) is 1.05. The van der Waals surface area contributed by atoms with E-state index in [1.54, 1.807) is 32.4 Å². The Morgan fingerprint density at radius 1 is 1.14 bits per heavy atom. The third-order valence-corrected chi connectivity index (χ3v) is 2.86. The van der Waals surface area contributed by atoms with Crippen molar-refractivity contribution in [2.24, 2.45) is 0 Å². The molecule has 6 heteroatoms. The normalized spacial score (nSPS) is 10.6. The van der Waals surface area contributed by atoms with Crippen LogP contribution >= 0.6 is 0 Å². The lowest BCUT2D eigenvalue weighted by molar-refractivity contribution is 0.0953. The van der Waals surface area contributed by atoms with Crippen molar-refractivity contribution >= 4 is 5.91 Å². The van der Waals surface area contributed by atoms with E-state index in [2.05, 4.69) is 10.6 Å². The van der Waals surface area contributed by atoms with Crippen molar-refractivity contribution in [1.82, 2.24) is 10.6 Å². The molecule has 0 atom stereocenters. The Labute approximate surface area is 132 Å². The number of amides is 1. The summed E-state index contributed by atoms with van der Waals surface area (Å²) in [6.45, 7) is 6.55. The van der Waals surface area contributed by atoms with Crippen LogP contribution in [0.1, 0.15) is 24.2 Å². The van der Waals surface area contributed by atoms with Crippen LogP contribution in [0.25, 0.3) is 0 Å². The molecule has 1 rings (SSSR count). The molecule has 0 radical (unpaired) electrons. The molecule has 1 amide bonds. The molecule has 1 aromatic rings. The molecule has 0 saturated carbocycles. The number of rotatable bonds is 10. The van der Waals surface area contributed by atoms with Crippen molar-refractivity contribution in [2.45, 2.75) is 20.0 Å². The summed E-state index contributed by atoms with van der Waals surface area (Å²) in [7, 11) is 3.22. The minimum atomic E-state index is -0.136. The number of hydrogen-bond donors (Lipinski definition) is 2. The van der Waals surface area contributed by atoms with Gasteiger partial charge in [0, 0.05) is 32.3 Å². The predicted octanol–water partition coefficient (Wildman–Crippen LogP) is 1.45. The summed E-state index contributed by atoms with van der Waals surface area (Å²) in [4.78, 5) is 12.1. The lowest BCUT2D eigenvalue weighted by Crippen LogP contribution is -2.33. The molecule has 124 valence electrons. The second-order valence-electron chi connectivity index (χ2n) is 5.03. The summed E-state index contributed by atoms with van der Waals surface area (Å²) < 4.78 is 15.8. The van der Waals surface area contributed by atoms with E-state index in [0.29, 0.717) is 36.8 Å². The van der Waals surface area contributed by atoms with Gasteiger partial charge in [-0.25, -0.2) is 0 Å². The van der Waals surface area contributed by atoms with Gasteiger partial charge in [-0.2, -0.15) is 0 Å². The zero-order valence-corrected chi connectivity index (χ0v) is 13.8. The van der Waals surface area contributed by atoms with Crippen molar-refractivity contribution in [3.63, 3.8) is 0 Å². The van der Waals surface area contributed by atoms with Crippen LogP contribution in [0.15, 0.2) is 18.2 Å². The molecule has 0 aromatic heterocycles. The van der Waals surface area contributed by atoms with Crippen LogP contribution in [-0.4, -0.2) is 52.5 Å². The average molecular weight is 310 g/mol. The van der Waals surface area contributed by atoms with Gasteiger partial charge in [0.15, 0.2) is 11.5 Å². The van der Waals surface area contributed by atoms with Gasteiger partial charge in [0.1, 0.15) is 0 Å². The summed E-state index contributed by atoms with van der Waals surface area (Å²) >= 11 is 0. The number of benzene rings is 1. The quantitative estimate of drug-likeness (QED) is 0.640. The molecule has 0 heterocycles. The van der Waals surface area contributed by atoms with E-state index in [0.717, 1.165) is 6.54 Å². The van der Waals surface area contributed by atoms with Gasteiger partial charge < -0.3 is 24.8 Å². The van der Waals surface area contributed by atoms with Gasteiger partial charge in [-0.3, -0.25) is 4.79 Å². The molecule has 6 nitrogen and oxygen atoms in total. The Morgan fingerprint density at radius 2 is 1.91 bits per heavy atom. The van der Waals surface area contributed by atoms with Crippen LogP contribution in [0.3, 0.4) is 0 Å². The summed E-state index contributed by atoms with van der Waals surface area (Å²) in [6.07, 6.45) is 0.0479. The van der Waals surface area contributed by atoms with E-state index in [4.69, 9.17) is 14.2 Å². The fraction of sp³-hybridized carbons (Fsp3) is 0.562. The van der Waals surface area contributed by atoms with Gasteiger partial charge in [-0.05, 0) is 32.0 Å². The minimum Gasteiger partial charge on any atom is -0.493 e. The van der Waals surface area contributed by atoms with Gasteiger partial charge in [0.25, 0.3) is 5.91 Å². The monoisotopic (exact) mass is 310 g/mol. The minimum absolute atomic E-state index is 0.0479. The van der Waals surface area contributed by atoms with Crippen molar-refractivity contribution in [1.29, 1.82) is 0 Å². The molecule has 22 heavy (non-hydrogen) atoms. The summed E-state index contributed by atoms with van der Waals surface area (Å²) in [5.41, 5.74) is 0.546. The van der Waals surface area contributed by atoms with E-state index in [1.165, 1.54) is 0 Å². The second kappa shape index (κ2) is 10.0. The Bertz CT molecular complexity index is 463. The van der Waals surface area contributed by atoms with Crippen molar-refractivity contribution in [3.8, 4) is 11.5 Å². The smallest absolute Gasteiger partial charge is 0.251 e. The van der Waals surface area contributed by atoms with Crippen LogP contribution < -0.4 is 20.1 Å². The Kier molecular flexibility index (Phi) is 8.32. The van der Waals surface area contributed by atoms with Crippen LogP contribution in [0.4, 0.5) is 0 Å². The third kappa shape index (κ3) is 6.32. The van der Waals surface area contributed by atoms with E-state index in [-0.39, 0.29) is 12.0 Å². The number of methoxy groups -OCH3 is 2. The lowest BCUT2D eigenvalue weighted by atomic mass is 10.2. The number of carbonyl (C=O) groups excluding carboxylic acids is 1. The highest BCUT2D eigenvalue weighted by Gasteiger charge is 2.11. The molecule has 0 aliphatic heterocycles. The molecule has 0 saturated heterocycles. The SMILES string of the molecule is COCCNCCNC(=O)c1ccc(OC(C)C)c(OC)c1. The van der Waals surface area contributed by atoms with Gasteiger partial charge in [-0.1, -0.05) is 0 Å². The number of carbonyl (C=O) groups is 1. The summed E-state index contributed by atoms with van der Waals surface area (Å²) in [5, 5.41) is 6.01. The van der Waals surface area contributed by atoms with Crippen LogP contribution in [-0.2, 0) is 4.74 Å². The molecule has 0 fully saturated rings. The predicted molar refractivity (Wildman–Crippen MR) is 85.8 cm³/mol. The zero-order valence-electron chi connectivity index (χ0n) is 13.8. The first-order valence-electron chi connectivity index (χ1n) is 7.41. The standard InChI is InChI=1S/C16H26N2O4/c1-12(2)22-14-6-5-13(11-15(14)21-4)16(19)18-8-7-17-9-10-20-3/h5-6,11-12,17H,7-10H2,1-4H3,(H,18,19). The number of ether oxygens (including phenoxy) is 3. The molecule has 0 spiro atoms. The van der Waals surface area contributed by atoms with E-state index in [9.17, 15) is 4.79 Å². The largest absolute Gasteiger partial charge is 0.493 e. The van der Waals surface area contributed by atoms with Gasteiger partial charge >= 0.3 is 0 Å².